The number of likely N-dealkylation sites (N-methyl/N-ethyl adjacent to an activating group) is 1. The van der Waals surface area contributed by atoms with Crippen LogP contribution >= 0.6 is 0 Å². The van der Waals surface area contributed by atoms with Gasteiger partial charge in [0.2, 0.25) is 5.91 Å². The lowest BCUT2D eigenvalue weighted by Crippen LogP contribution is -2.46. The molecular formula is C11H19NO3. The summed E-state index contributed by atoms with van der Waals surface area (Å²) < 4.78 is 4.68. The van der Waals surface area contributed by atoms with Crippen LogP contribution in [0.1, 0.15) is 20.3 Å². The average molecular weight is 213 g/mol. The highest BCUT2D eigenvalue weighted by atomic mass is 16.5. The van der Waals surface area contributed by atoms with Crippen molar-refractivity contribution in [3.63, 3.8) is 0 Å². The van der Waals surface area contributed by atoms with Crippen LogP contribution in [0.15, 0.2) is 12.7 Å². The van der Waals surface area contributed by atoms with Gasteiger partial charge in [-0.05, 0) is 12.0 Å². The molecule has 0 spiro atoms. The lowest BCUT2D eigenvalue weighted by molar-refractivity contribution is -0.152. The normalized spacial score (nSPS) is 13.9. The van der Waals surface area contributed by atoms with Crippen molar-refractivity contribution in [3.8, 4) is 0 Å². The number of esters is 1. The molecule has 4 heteroatoms. The molecule has 0 bridgehead atoms. The SMILES string of the molecule is C=CC(=O)N(C)[C@H](C(=O)OC)[C@@H](C)CC. The van der Waals surface area contributed by atoms with Crippen molar-refractivity contribution < 1.29 is 14.3 Å². The van der Waals surface area contributed by atoms with E-state index in [0.717, 1.165) is 6.42 Å². The zero-order valence-electron chi connectivity index (χ0n) is 9.82. The third-order valence-electron chi connectivity index (χ3n) is 2.57. The molecule has 15 heavy (non-hydrogen) atoms. The molecule has 0 aromatic rings. The van der Waals surface area contributed by atoms with Crippen LogP contribution in [0.4, 0.5) is 0 Å². The second-order valence-electron chi connectivity index (χ2n) is 3.51. The topological polar surface area (TPSA) is 46.6 Å². The lowest BCUT2D eigenvalue weighted by Gasteiger charge is -2.29. The Morgan fingerprint density at radius 1 is 1.53 bits per heavy atom. The summed E-state index contributed by atoms with van der Waals surface area (Å²) in [7, 11) is 2.90. The predicted octanol–water partition coefficient (Wildman–Crippen LogP) is 1.22. The van der Waals surface area contributed by atoms with Gasteiger partial charge in [0.05, 0.1) is 7.11 Å². The summed E-state index contributed by atoms with van der Waals surface area (Å²) in [4.78, 5) is 24.3. The zero-order chi connectivity index (χ0) is 12.0. The number of nitrogens with zero attached hydrogens (tertiary/aromatic N) is 1. The molecule has 0 unspecified atom stereocenters. The molecule has 0 saturated heterocycles. The Bertz CT molecular complexity index is 250. The van der Waals surface area contributed by atoms with Gasteiger partial charge in [0.1, 0.15) is 6.04 Å². The van der Waals surface area contributed by atoms with Gasteiger partial charge in [-0.2, -0.15) is 0 Å². The summed E-state index contributed by atoms with van der Waals surface area (Å²) in [5, 5.41) is 0. The van der Waals surface area contributed by atoms with Gasteiger partial charge in [-0.3, -0.25) is 4.79 Å². The maximum atomic E-state index is 11.5. The van der Waals surface area contributed by atoms with E-state index < -0.39 is 6.04 Å². The Labute approximate surface area is 90.9 Å². The van der Waals surface area contributed by atoms with E-state index in [1.54, 1.807) is 7.05 Å². The van der Waals surface area contributed by atoms with Crippen molar-refractivity contribution in [2.24, 2.45) is 5.92 Å². The Hall–Kier alpha value is -1.32. The minimum absolute atomic E-state index is 0.0614. The van der Waals surface area contributed by atoms with Crippen LogP contribution in [0.3, 0.4) is 0 Å². The molecule has 0 aliphatic rings. The Kier molecular flexibility index (Phi) is 5.67. The molecule has 0 aliphatic carbocycles. The van der Waals surface area contributed by atoms with Crippen molar-refractivity contribution in [3.05, 3.63) is 12.7 Å². The van der Waals surface area contributed by atoms with Crippen molar-refractivity contribution in [2.75, 3.05) is 14.2 Å². The molecule has 0 radical (unpaired) electrons. The first-order chi connectivity index (χ1) is 6.99. The van der Waals surface area contributed by atoms with E-state index >= 15 is 0 Å². The standard InChI is InChI=1S/C11H19NO3/c1-6-8(3)10(11(14)15-5)12(4)9(13)7-2/h7-8,10H,2,6H2,1,3-5H3/t8-,10-/m0/s1. The molecule has 0 N–H and O–H groups in total. The first kappa shape index (κ1) is 13.7. The molecule has 86 valence electrons. The minimum Gasteiger partial charge on any atom is -0.467 e. The summed E-state index contributed by atoms with van der Waals surface area (Å²) in [6.45, 7) is 7.27. The van der Waals surface area contributed by atoms with Gasteiger partial charge in [-0.1, -0.05) is 26.8 Å². The maximum Gasteiger partial charge on any atom is 0.328 e. The zero-order valence-corrected chi connectivity index (χ0v) is 9.82. The van der Waals surface area contributed by atoms with E-state index in [9.17, 15) is 9.59 Å². The summed E-state index contributed by atoms with van der Waals surface area (Å²) in [6.07, 6.45) is 1.99. The number of hydrogen-bond acceptors (Lipinski definition) is 3. The smallest absolute Gasteiger partial charge is 0.328 e. The van der Waals surface area contributed by atoms with E-state index in [1.165, 1.54) is 18.1 Å². The number of methoxy groups -OCH3 is 1. The number of amides is 1. The van der Waals surface area contributed by atoms with Crippen LogP contribution in [-0.4, -0.2) is 37.0 Å². The molecule has 0 aromatic carbocycles. The van der Waals surface area contributed by atoms with E-state index in [1.807, 2.05) is 13.8 Å². The lowest BCUT2D eigenvalue weighted by atomic mass is 9.98. The largest absolute Gasteiger partial charge is 0.467 e. The molecule has 2 atom stereocenters. The quantitative estimate of drug-likeness (QED) is 0.509. The van der Waals surface area contributed by atoms with Crippen molar-refractivity contribution in [1.82, 2.24) is 4.90 Å². The fourth-order valence-electron chi connectivity index (χ4n) is 1.40. The summed E-state index contributed by atoms with van der Waals surface area (Å²) in [6, 6.07) is -0.537. The van der Waals surface area contributed by atoms with Gasteiger partial charge in [0, 0.05) is 7.05 Å². The predicted molar refractivity (Wildman–Crippen MR) is 58.2 cm³/mol. The Balaban J connectivity index is 4.84. The van der Waals surface area contributed by atoms with Crippen LogP contribution in [0.5, 0.6) is 0 Å². The van der Waals surface area contributed by atoms with Crippen molar-refractivity contribution in [1.29, 1.82) is 0 Å². The average Bonchev–Trinajstić information content (AvgIpc) is 2.27. The van der Waals surface area contributed by atoms with Crippen molar-refractivity contribution in [2.45, 2.75) is 26.3 Å². The third-order valence-corrected chi connectivity index (χ3v) is 2.57. The molecule has 0 aromatic heterocycles. The van der Waals surface area contributed by atoms with E-state index in [0.29, 0.717) is 0 Å². The van der Waals surface area contributed by atoms with Gasteiger partial charge >= 0.3 is 5.97 Å². The fraction of sp³-hybridized carbons (Fsp3) is 0.636. The van der Waals surface area contributed by atoms with Gasteiger partial charge in [0.15, 0.2) is 0 Å². The number of carbonyl (C=O) groups is 2. The van der Waals surface area contributed by atoms with Gasteiger partial charge in [-0.15, -0.1) is 0 Å². The second-order valence-corrected chi connectivity index (χ2v) is 3.51. The van der Waals surface area contributed by atoms with Gasteiger partial charge in [-0.25, -0.2) is 4.79 Å². The van der Waals surface area contributed by atoms with Crippen molar-refractivity contribution >= 4 is 11.9 Å². The monoisotopic (exact) mass is 213 g/mol. The highest BCUT2D eigenvalue weighted by Gasteiger charge is 2.30. The van der Waals surface area contributed by atoms with Crippen LogP contribution in [0, 0.1) is 5.92 Å². The van der Waals surface area contributed by atoms with Crippen LogP contribution < -0.4 is 0 Å². The molecule has 0 aliphatic heterocycles. The highest BCUT2D eigenvalue weighted by molar-refractivity contribution is 5.91. The van der Waals surface area contributed by atoms with E-state index in [4.69, 9.17) is 0 Å². The molecule has 0 saturated carbocycles. The maximum absolute atomic E-state index is 11.5. The number of ether oxygens (including phenoxy) is 1. The Morgan fingerprint density at radius 3 is 2.40 bits per heavy atom. The summed E-state index contributed by atoms with van der Waals surface area (Å²) in [5.74, 6) is -0.598. The Morgan fingerprint density at radius 2 is 2.07 bits per heavy atom. The number of carbonyl (C=O) groups excluding carboxylic acids is 2. The fourth-order valence-corrected chi connectivity index (χ4v) is 1.40. The highest BCUT2D eigenvalue weighted by Crippen LogP contribution is 2.15. The summed E-state index contributed by atoms with van der Waals surface area (Å²) in [5.41, 5.74) is 0. The first-order valence-corrected chi connectivity index (χ1v) is 4.96. The first-order valence-electron chi connectivity index (χ1n) is 4.96. The van der Waals surface area contributed by atoms with Gasteiger partial charge < -0.3 is 9.64 Å². The minimum atomic E-state index is -0.537. The van der Waals surface area contributed by atoms with Crippen LogP contribution in [0.25, 0.3) is 0 Å². The van der Waals surface area contributed by atoms with Crippen LogP contribution in [-0.2, 0) is 14.3 Å². The molecule has 4 nitrogen and oxygen atoms in total. The summed E-state index contributed by atoms with van der Waals surface area (Å²) >= 11 is 0. The van der Waals surface area contributed by atoms with E-state index in [-0.39, 0.29) is 17.8 Å². The second kappa shape index (κ2) is 6.22. The molecule has 1 amide bonds. The molecule has 0 rings (SSSR count). The molecule has 0 fully saturated rings. The number of hydrogen-bond donors (Lipinski definition) is 0. The third kappa shape index (κ3) is 3.38. The van der Waals surface area contributed by atoms with E-state index in [2.05, 4.69) is 11.3 Å². The molecular weight excluding hydrogens is 194 g/mol. The van der Waals surface area contributed by atoms with Gasteiger partial charge in [0.25, 0.3) is 0 Å². The number of rotatable bonds is 5. The van der Waals surface area contributed by atoms with Crippen LogP contribution in [0.2, 0.25) is 0 Å². The molecule has 0 heterocycles.